The maximum atomic E-state index is 12.3. The van der Waals surface area contributed by atoms with Crippen LogP contribution >= 0.6 is 0 Å². The Labute approximate surface area is 174 Å². The summed E-state index contributed by atoms with van der Waals surface area (Å²) in [6.07, 6.45) is -0.760. The standard InChI is InChI=1S/C19H31N5O6/c1-9(2)15(21)17(25)28-8-12-11(30-18(26)16(22)10(3)4)7-14(29-12)24-6-5-13(20)23-19(24)27/h5-6,9-12,14-16H,7-8,21-22H2,1-4H3,(H2,20,23,27)/t11-,12+,14+,15+,16+/m1/s1. The highest BCUT2D eigenvalue weighted by Crippen LogP contribution is 2.31. The van der Waals surface area contributed by atoms with Crippen molar-refractivity contribution in [2.24, 2.45) is 23.3 Å². The zero-order chi connectivity index (χ0) is 22.6. The summed E-state index contributed by atoms with van der Waals surface area (Å²) in [6.45, 7) is 7.00. The fourth-order valence-corrected chi connectivity index (χ4v) is 2.82. The van der Waals surface area contributed by atoms with Crippen LogP contribution < -0.4 is 22.9 Å². The van der Waals surface area contributed by atoms with Gasteiger partial charge in [0.2, 0.25) is 0 Å². The van der Waals surface area contributed by atoms with Gasteiger partial charge < -0.3 is 31.4 Å². The van der Waals surface area contributed by atoms with Crippen molar-refractivity contribution in [2.45, 2.75) is 64.6 Å². The summed E-state index contributed by atoms with van der Waals surface area (Å²) in [4.78, 5) is 40.3. The maximum absolute atomic E-state index is 12.3. The molecule has 1 aromatic rings. The summed E-state index contributed by atoms with van der Waals surface area (Å²) in [5.41, 5.74) is 16.6. The number of anilines is 1. The molecule has 0 bridgehead atoms. The molecule has 0 aromatic carbocycles. The monoisotopic (exact) mass is 425 g/mol. The molecule has 0 saturated carbocycles. The number of hydrogen-bond donors (Lipinski definition) is 3. The van der Waals surface area contributed by atoms with Crippen molar-refractivity contribution in [1.82, 2.24) is 9.55 Å². The van der Waals surface area contributed by atoms with E-state index in [2.05, 4.69) is 4.98 Å². The van der Waals surface area contributed by atoms with Crippen molar-refractivity contribution in [3.8, 4) is 0 Å². The second kappa shape index (κ2) is 10.0. The number of rotatable bonds is 8. The number of nitrogens with two attached hydrogens (primary N) is 3. The predicted octanol–water partition coefficient (Wildman–Crippen LogP) is -0.465. The number of carbonyl (C=O) groups is 2. The van der Waals surface area contributed by atoms with Crippen LogP contribution in [-0.4, -0.2) is 52.4 Å². The molecular weight excluding hydrogens is 394 g/mol. The lowest BCUT2D eigenvalue weighted by Gasteiger charge is -2.22. The van der Waals surface area contributed by atoms with Gasteiger partial charge in [-0.05, 0) is 17.9 Å². The summed E-state index contributed by atoms with van der Waals surface area (Å²) in [5, 5.41) is 0. The van der Waals surface area contributed by atoms with Gasteiger partial charge in [-0.25, -0.2) is 4.79 Å². The van der Waals surface area contributed by atoms with Gasteiger partial charge in [-0.2, -0.15) is 4.98 Å². The zero-order valence-corrected chi connectivity index (χ0v) is 17.7. The van der Waals surface area contributed by atoms with Gasteiger partial charge in [0.15, 0.2) is 0 Å². The summed E-state index contributed by atoms with van der Waals surface area (Å²) in [6, 6.07) is -0.154. The molecule has 30 heavy (non-hydrogen) atoms. The molecule has 6 N–H and O–H groups in total. The van der Waals surface area contributed by atoms with E-state index in [1.807, 2.05) is 0 Å². The summed E-state index contributed by atoms with van der Waals surface area (Å²) in [5.74, 6) is -1.34. The highest BCUT2D eigenvalue weighted by molar-refractivity contribution is 5.76. The van der Waals surface area contributed by atoms with E-state index in [-0.39, 0.29) is 30.7 Å². The average Bonchev–Trinajstić information content (AvgIpc) is 3.06. The van der Waals surface area contributed by atoms with Gasteiger partial charge in [0.05, 0.1) is 0 Å². The fourth-order valence-electron chi connectivity index (χ4n) is 2.82. The summed E-state index contributed by atoms with van der Waals surface area (Å²) < 4.78 is 17.9. The molecule has 1 aromatic heterocycles. The minimum absolute atomic E-state index is 0.0771. The van der Waals surface area contributed by atoms with E-state index in [1.165, 1.54) is 16.8 Å². The van der Waals surface area contributed by atoms with Crippen molar-refractivity contribution in [3.63, 3.8) is 0 Å². The molecule has 0 amide bonds. The van der Waals surface area contributed by atoms with E-state index in [9.17, 15) is 14.4 Å². The Kier molecular flexibility index (Phi) is 7.93. The van der Waals surface area contributed by atoms with Crippen molar-refractivity contribution >= 4 is 17.8 Å². The van der Waals surface area contributed by atoms with Crippen LogP contribution in [0.25, 0.3) is 0 Å². The second-order valence-electron chi connectivity index (χ2n) is 8.05. The Bertz CT molecular complexity index is 811. The van der Waals surface area contributed by atoms with Crippen LogP contribution in [0.2, 0.25) is 0 Å². The van der Waals surface area contributed by atoms with Crippen LogP contribution in [0.5, 0.6) is 0 Å². The van der Waals surface area contributed by atoms with E-state index in [0.29, 0.717) is 0 Å². The lowest BCUT2D eigenvalue weighted by Crippen LogP contribution is -2.42. The molecule has 0 aliphatic carbocycles. The first-order chi connectivity index (χ1) is 14.0. The third-order valence-electron chi connectivity index (χ3n) is 4.98. The lowest BCUT2D eigenvalue weighted by molar-refractivity contribution is -0.161. The number of nitrogens with zero attached hydrogens (tertiary/aromatic N) is 2. The topological polar surface area (TPSA) is 175 Å². The van der Waals surface area contributed by atoms with Crippen LogP contribution in [0.4, 0.5) is 5.82 Å². The third kappa shape index (κ3) is 5.77. The first-order valence-corrected chi connectivity index (χ1v) is 9.89. The maximum Gasteiger partial charge on any atom is 0.351 e. The number of esters is 2. The summed E-state index contributed by atoms with van der Waals surface area (Å²) in [7, 11) is 0. The van der Waals surface area contributed by atoms with Gasteiger partial charge in [-0.1, -0.05) is 27.7 Å². The molecule has 168 valence electrons. The molecule has 1 aliphatic heterocycles. The smallest absolute Gasteiger partial charge is 0.351 e. The van der Waals surface area contributed by atoms with E-state index in [0.717, 1.165) is 0 Å². The third-order valence-corrected chi connectivity index (χ3v) is 4.98. The fraction of sp³-hybridized carbons (Fsp3) is 0.684. The van der Waals surface area contributed by atoms with Gasteiger partial charge in [0, 0.05) is 12.6 Å². The molecular formula is C19H31N5O6. The number of ether oxygens (including phenoxy) is 3. The first kappa shape index (κ1) is 23.8. The minimum Gasteiger partial charge on any atom is -0.462 e. The molecule has 2 rings (SSSR count). The van der Waals surface area contributed by atoms with E-state index in [4.69, 9.17) is 31.4 Å². The Hall–Kier alpha value is -2.50. The highest BCUT2D eigenvalue weighted by atomic mass is 16.6. The second-order valence-corrected chi connectivity index (χ2v) is 8.05. The van der Waals surface area contributed by atoms with E-state index in [1.54, 1.807) is 27.7 Å². The van der Waals surface area contributed by atoms with E-state index >= 15 is 0 Å². The van der Waals surface area contributed by atoms with Crippen LogP contribution in [0.1, 0.15) is 40.3 Å². The molecule has 11 heteroatoms. The van der Waals surface area contributed by atoms with Gasteiger partial charge in [-0.15, -0.1) is 0 Å². The van der Waals surface area contributed by atoms with Crippen molar-refractivity contribution in [2.75, 3.05) is 12.3 Å². The van der Waals surface area contributed by atoms with Crippen LogP contribution in [0, 0.1) is 11.8 Å². The molecule has 5 atom stereocenters. The predicted molar refractivity (Wildman–Crippen MR) is 108 cm³/mol. The van der Waals surface area contributed by atoms with Gasteiger partial charge in [-0.3, -0.25) is 14.2 Å². The Morgan fingerprint density at radius 2 is 1.80 bits per heavy atom. The van der Waals surface area contributed by atoms with E-state index < -0.39 is 48.1 Å². The Balaban J connectivity index is 2.16. The van der Waals surface area contributed by atoms with Gasteiger partial charge in [0.25, 0.3) is 0 Å². The minimum atomic E-state index is -0.817. The largest absolute Gasteiger partial charge is 0.462 e. The van der Waals surface area contributed by atoms with Gasteiger partial charge in [0.1, 0.15) is 42.9 Å². The number of carbonyl (C=O) groups excluding carboxylic acids is 2. The summed E-state index contributed by atoms with van der Waals surface area (Å²) >= 11 is 0. The van der Waals surface area contributed by atoms with Crippen LogP contribution in [0.3, 0.4) is 0 Å². The van der Waals surface area contributed by atoms with Crippen molar-refractivity contribution in [1.29, 1.82) is 0 Å². The molecule has 0 spiro atoms. The Morgan fingerprint density at radius 3 is 2.37 bits per heavy atom. The number of hydrogen-bond acceptors (Lipinski definition) is 10. The quantitative estimate of drug-likeness (QED) is 0.462. The zero-order valence-electron chi connectivity index (χ0n) is 17.7. The molecule has 2 heterocycles. The van der Waals surface area contributed by atoms with Crippen molar-refractivity contribution < 1.29 is 23.8 Å². The average molecular weight is 425 g/mol. The normalized spacial score (nSPS) is 23.4. The SMILES string of the molecule is CC(C)[C@H](N)C(=O)OC[C@@H]1O[C@H](n2ccc(N)nc2=O)C[C@H]1OC(=O)[C@@H](N)C(C)C. The highest BCUT2D eigenvalue weighted by Gasteiger charge is 2.41. The molecule has 1 saturated heterocycles. The molecule has 1 aliphatic rings. The molecule has 0 unspecified atom stereocenters. The van der Waals surface area contributed by atoms with Crippen LogP contribution in [0.15, 0.2) is 17.1 Å². The molecule has 0 radical (unpaired) electrons. The number of nitrogen functional groups attached to an aromatic ring is 1. The Morgan fingerprint density at radius 1 is 1.20 bits per heavy atom. The molecule has 11 nitrogen and oxygen atoms in total. The first-order valence-electron chi connectivity index (χ1n) is 9.89. The molecule has 1 fully saturated rings. The van der Waals surface area contributed by atoms with Crippen LogP contribution in [-0.2, 0) is 23.8 Å². The van der Waals surface area contributed by atoms with Gasteiger partial charge >= 0.3 is 17.6 Å². The number of aromatic nitrogens is 2. The lowest BCUT2D eigenvalue weighted by atomic mass is 10.1. The van der Waals surface area contributed by atoms with Crippen molar-refractivity contribution in [3.05, 3.63) is 22.7 Å².